The molecule has 1 heterocycles. The van der Waals surface area contributed by atoms with Crippen molar-refractivity contribution in [2.24, 2.45) is 0 Å². The Balaban J connectivity index is 1.85. The topological polar surface area (TPSA) is 50.4 Å². The number of amides is 1. The van der Waals surface area contributed by atoms with E-state index in [2.05, 4.69) is 10.6 Å². The summed E-state index contributed by atoms with van der Waals surface area (Å²) in [6, 6.07) is 8.47. The van der Waals surface area contributed by atoms with E-state index in [1.165, 1.54) is 0 Å². The van der Waals surface area contributed by atoms with Gasteiger partial charge < -0.3 is 15.4 Å². The van der Waals surface area contributed by atoms with Crippen LogP contribution in [0.15, 0.2) is 24.3 Å². The molecular weight excluding hydrogens is 240 g/mol. The average molecular weight is 262 g/mol. The fraction of sp³-hybridized carbons (Fsp3) is 0.533. The van der Waals surface area contributed by atoms with E-state index in [1.54, 1.807) is 0 Å². The molecule has 4 heteroatoms. The van der Waals surface area contributed by atoms with Crippen molar-refractivity contribution in [2.75, 3.05) is 25.1 Å². The van der Waals surface area contributed by atoms with E-state index < -0.39 is 0 Å². The second-order valence-corrected chi connectivity index (χ2v) is 4.89. The van der Waals surface area contributed by atoms with Crippen molar-refractivity contribution in [1.82, 2.24) is 5.32 Å². The lowest BCUT2D eigenvalue weighted by Gasteiger charge is -2.24. The van der Waals surface area contributed by atoms with Crippen LogP contribution >= 0.6 is 0 Å². The zero-order chi connectivity index (χ0) is 13.5. The molecular formula is C15H22N2O2. The first-order chi connectivity index (χ1) is 9.28. The summed E-state index contributed by atoms with van der Waals surface area (Å²) in [5.41, 5.74) is 2.13. The van der Waals surface area contributed by atoms with E-state index in [0.29, 0.717) is 19.0 Å². The zero-order valence-electron chi connectivity index (χ0n) is 11.4. The highest BCUT2D eigenvalue weighted by Gasteiger charge is 2.13. The highest BCUT2D eigenvalue weighted by molar-refractivity contribution is 5.78. The molecule has 1 amide bonds. The quantitative estimate of drug-likeness (QED) is 0.853. The van der Waals surface area contributed by atoms with Crippen LogP contribution in [0.2, 0.25) is 0 Å². The summed E-state index contributed by atoms with van der Waals surface area (Å²) < 4.78 is 5.44. The predicted molar refractivity (Wildman–Crippen MR) is 76.3 cm³/mol. The first kappa shape index (κ1) is 13.9. The molecule has 0 bridgehead atoms. The van der Waals surface area contributed by atoms with Crippen LogP contribution in [0.3, 0.4) is 0 Å². The van der Waals surface area contributed by atoms with Crippen LogP contribution in [0, 0.1) is 0 Å². The Morgan fingerprint density at radius 1 is 1.37 bits per heavy atom. The summed E-state index contributed by atoms with van der Waals surface area (Å²) >= 11 is 0. The van der Waals surface area contributed by atoms with Crippen molar-refractivity contribution in [1.29, 1.82) is 0 Å². The van der Waals surface area contributed by atoms with Crippen molar-refractivity contribution in [3.05, 3.63) is 29.8 Å². The molecule has 19 heavy (non-hydrogen) atoms. The molecule has 1 aliphatic rings. The molecule has 2 N–H and O–H groups in total. The van der Waals surface area contributed by atoms with Crippen LogP contribution in [0.1, 0.15) is 25.3 Å². The Morgan fingerprint density at radius 2 is 2.16 bits per heavy atom. The minimum Gasteiger partial charge on any atom is -0.380 e. The third kappa shape index (κ3) is 4.56. The largest absolute Gasteiger partial charge is 0.380 e. The van der Waals surface area contributed by atoms with Gasteiger partial charge in [0.1, 0.15) is 0 Å². The summed E-state index contributed by atoms with van der Waals surface area (Å²) in [6.45, 7) is 4.27. The number of rotatable bonds is 5. The molecule has 1 fully saturated rings. The van der Waals surface area contributed by atoms with Crippen molar-refractivity contribution in [3.8, 4) is 0 Å². The second kappa shape index (κ2) is 7.14. The Morgan fingerprint density at radius 3 is 2.79 bits per heavy atom. The minimum atomic E-state index is 0.0730. The number of benzene rings is 1. The number of hydrogen-bond donors (Lipinski definition) is 2. The highest BCUT2D eigenvalue weighted by atomic mass is 16.5. The van der Waals surface area contributed by atoms with Crippen molar-refractivity contribution >= 4 is 11.6 Å². The van der Waals surface area contributed by atoms with Crippen LogP contribution in [-0.4, -0.2) is 31.7 Å². The van der Waals surface area contributed by atoms with Crippen molar-refractivity contribution < 1.29 is 9.53 Å². The molecule has 0 saturated carbocycles. The third-order valence-electron chi connectivity index (χ3n) is 3.22. The predicted octanol–water partition coefficient (Wildman–Crippen LogP) is 1.96. The van der Waals surface area contributed by atoms with Crippen molar-refractivity contribution in [3.63, 3.8) is 0 Å². The van der Waals surface area contributed by atoms with Gasteiger partial charge in [-0.1, -0.05) is 12.1 Å². The fourth-order valence-electron chi connectivity index (χ4n) is 2.25. The van der Waals surface area contributed by atoms with Gasteiger partial charge in [-0.2, -0.15) is 0 Å². The van der Waals surface area contributed by atoms with Crippen LogP contribution < -0.4 is 10.6 Å². The van der Waals surface area contributed by atoms with E-state index in [4.69, 9.17) is 4.74 Å². The Bertz CT molecular complexity index is 397. The highest BCUT2D eigenvalue weighted by Crippen LogP contribution is 2.15. The van der Waals surface area contributed by atoms with E-state index in [9.17, 15) is 4.79 Å². The van der Waals surface area contributed by atoms with Gasteiger partial charge in [0.25, 0.3) is 0 Å². The van der Waals surface area contributed by atoms with Gasteiger partial charge in [0.15, 0.2) is 0 Å². The van der Waals surface area contributed by atoms with Gasteiger partial charge in [-0.15, -0.1) is 0 Å². The lowest BCUT2D eigenvalue weighted by atomic mass is 10.1. The van der Waals surface area contributed by atoms with Crippen LogP contribution in [0.25, 0.3) is 0 Å². The van der Waals surface area contributed by atoms with E-state index >= 15 is 0 Å². The summed E-state index contributed by atoms with van der Waals surface area (Å²) in [7, 11) is 0. The Kier molecular flexibility index (Phi) is 5.21. The molecule has 2 rings (SSSR count). The summed E-state index contributed by atoms with van der Waals surface area (Å²) in [4.78, 5) is 11.5. The maximum absolute atomic E-state index is 11.5. The molecule has 0 radical (unpaired) electrons. The number of anilines is 1. The maximum atomic E-state index is 11.5. The Labute approximate surface area is 114 Å². The van der Waals surface area contributed by atoms with Crippen LogP contribution in [-0.2, 0) is 16.0 Å². The van der Waals surface area contributed by atoms with E-state index in [1.807, 2.05) is 31.2 Å². The number of carbonyl (C=O) groups is 1. The number of hydrogen-bond acceptors (Lipinski definition) is 3. The molecule has 1 atom stereocenters. The monoisotopic (exact) mass is 262 g/mol. The fourth-order valence-corrected chi connectivity index (χ4v) is 2.25. The molecule has 1 aromatic rings. The van der Waals surface area contributed by atoms with Gasteiger partial charge in [0.05, 0.1) is 13.0 Å². The molecule has 0 aromatic heterocycles. The lowest BCUT2D eigenvalue weighted by molar-refractivity contribution is -0.120. The maximum Gasteiger partial charge on any atom is 0.224 e. The molecule has 4 nitrogen and oxygen atoms in total. The number of carbonyl (C=O) groups excluding carboxylic acids is 1. The summed E-state index contributed by atoms with van der Waals surface area (Å²) in [6.07, 6.45) is 2.72. The first-order valence-corrected chi connectivity index (χ1v) is 6.98. The number of nitrogens with one attached hydrogen (secondary N) is 2. The molecule has 104 valence electrons. The summed E-state index contributed by atoms with van der Waals surface area (Å²) in [5, 5.41) is 6.26. The summed E-state index contributed by atoms with van der Waals surface area (Å²) in [5.74, 6) is 0.0730. The van der Waals surface area contributed by atoms with Gasteiger partial charge in [0, 0.05) is 24.9 Å². The number of ether oxygens (including phenoxy) is 1. The average Bonchev–Trinajstić information content (AvgIpc) is 2.42. The van der Waals surface area contributed by atoms with Crippen molar-refractivity contribution in [2.45, 2.75) is 32.2 Å². The van der Waals surface area contributed by atoms with Gasteiger partial charge in [0.2, 0.25) is 5.91 Å². The van der Waals surface area contributed by atoms with Gasteiger partial charge >= 0.3 is 0 Å². The van der Waals surface area contributed by atoms with E-state index in [0.717, 1.165) is 37.3 Å². The van der Waals surface area contributed by atoms with Crippen LogP contribution in [0.5, 0.6) is 0 Å². The molecule has 1 aliphatic heterocycles. The molecule has 1 unspecified atom stereocenters. The van der Waals surface area contributed by atoms with Gasteiger partial charge in [-0.25, -0.2) is 0 Å². The Hall–Kier alpha value is -1.55. The third-order valence-corrected chi connectivity index (χ3v) is 3.22. The number of likely N-dealkylation sites (N-methyl/N-ethyl adjacent to an activating group) is 1. The van der Waals surface area contributed by atoms with Gasteiger partial charge in [-0.3, -0.25) is 4.79 Å². The molecule has 1 saturated heterocycles. The zero-order valence-corrected chi connectivity index (χ0v) is 11.4. The standard InChI is InChI=1S/C15H22N2O2/c1-2-16-15(18)10-12-5-7-13(8-6-12)17-14-4-3-9-19-11-14/h5-8,14,17H,2-4,9-11H2,1H3,(H,16,18). The SMILES string of the molecule is CCNC(=O)Cc1ccc(NC2CCCOC2)cc1. The molecule has 1 aromatic carbocycles. The van der Waals surface area contributed by atoms with E-state index in [-0.39, 0.29) is 5.91 Å². The smallest absolute Gasteiger partial charge is 0.224 e. The second-order valence-electron chi connectivity index (χ2n) is 4.89. The normalized spacial score (nSPS) is 18.9. The minimum absolute atomic E-state index is 0.0730. The molecule has 0 aliphatic carbocycles. The van der Waals surface area contributed by atoms with Gasteiger partial charge in [-0.05, 0) is 37.5 Å². The molecule has 0 spiro atoms. The lowest BCUT2D eigenvalue weighted by Crippen LogP contribution is -2.29. The van der Waals surface area contributed by atoms with Crippen LogP contribution in [0.4, 0.5) is 5.69 Å². The first-order valence-electron chi connectivity index (χ1n) is 6.98.